The molecular formula is C42H51BN2. The van der Waals surface area contributed by atoms with Crippen LogP contribution in [0.15, 0.2) is 60.7 Å². The van der Waals surface area contributed by atoms with Gasteiger partial charge in [-0.1, -0.05) is 125 Å². The Kier molecular flexibility index (Phi) is 6.16. The molecule has 7 rings (SSSR count). The topological polar surface area (TPSA) is 16.1 Å². The second-order valence-electron chi connectivity index (χ2n) is 18.2. The van der Waals surface area contributed by atoms with Crippen molar-refractivity contribution < 1.29 is 0 Å². The lowest BCUT2D eigenvalue weighted by Crippen LogP contribution is -2.64. The number of anilines is 3. The molecule has 4 aromatic rings. The van der Waals surface area contributed by atoms with Crippen LogP contribution in [0.5, 0.6) is 0 Å². The number of pyridine rings is 1. The van der Waals surface area contributed by atoms with Gasteiger partial charge >= 0.3 is 0 Å². The smallest absolute Gasteiger partial charge is 0.249 e. The van der Waals surface area contributed by atoms with E-state index in [0.717, 1.165) is 17.9 Å². The first-order chi connectivity index (χ1) is 20.7. The summed E-state index contributed by atoms with van der Waals surface area (Å²) in [5, 5.41) is 0. The van der Waals surface area contributed by atoms with E-state index in [-0.39, 0.29) is 33.8 Å². The number of rotatable bonds is 1. The van der Waals surface area contributed by atoms with Gasteiger partial charge in [0.15, 0.2) is 0 Å². The van der Waals surface area contributed by atoms with Gasteiger partial charge in [-0.2, -0.15) is 0 Å². The van der Waals surface area contributed by atoms with Gasteiger partial charge in [0, 0.05) is 22.5 Å². The highest BCUT2D eigenvalue weighted by atomic mass is 15.2. The average molecular weight is 595 g/mol. The van der Waals surface area contributed by atoms with Gasteiger partial charge in [-0.25, -0.2) is 4.98 Å². The number of aryl methyl sites for hydroxylation is 1. The van der Waals surface area contributed by atoms with Crippen molar-refractivity contribution >= 4 is 40.3 Å². The van der Waals surface area contributed by atoms with E-state index >= 15 is 0 Å². The van der Waals surface area contributed by atoms with Crippen LogP contribution in [0.3, 0.4) is 0 Å². The van der Waals surface area contributed by atoms with Crippen LogP contribution in [0, 0.1) is 6.92 Å². The Labute approximate surface area is 272 Å². The predicted molar refractivity (Wildman–Crippen MR) is 195 cm³/mol. The summed E-state index contributed by atoms with van der Waals surface area (Å²) in [5.41, 5.74) is 16.5. The molecule has 0 saturated carbocycles. The molecule has 45 heavy (non-hydrogen) atoms. The predicted octanol–water partition coefficient (Wildman–Crippen LogP) is 8.88. The van der Waals surface area contributed by atoms with Crippen molar-refractivity contribution in [2.75, 3.05) is 4.90 Å². The maximum absolute atomic E-state index is 5.45. The molecule has 2 nitrogen and oxygen atoms in total. The number of benzene rings is 3. The normalized spacial score (nSPS) is 18.7. The minimum Gasteiger partial charge on any atom is -0.296 e. The monoisotopic (exact) mass is 594 g/mol. The summed E-state index contributed by atoms with van der Waals surface area (Å²) in [5.74, 6) is 1.10. The maximum atomic E-state index is 5.45. The highest BCUT2D eigenvalue weighted by molar-refractivity contribution is 6.99. The number of nitrogens with zero attached hydrogens (tertiary/aromatic N) is 2. The fourth-order valence-corrected chi connectivity index (χ4v) is 9.04. The Bertz CT molecular complexity index is 1890. The largest absolute Gasteiger partial charge is 0.296 e. The molecule has 1 aromatic heterocycles. The Morgan fingerprint density at radius 1 is 0.644 bits per heavy atom. The molecule has 1 aliphatic carbocycles. The first kappa shape index (κ1) is 30.3. The van der Waals surface area contributed by atoms with Gasteiger partial charge in [0.2, 0.25) is 6.71 Å². The molecule has 3 aromatic carbocycles. The third kappa shape index (κ3) is 4.39. The van der Waals surface area contributed by atoms with Crippen molar-refractivity contribution in [3.05, 3.63) is 99.7 Å². The van der Waals surface area contributed by atoms with Crippen LogP contribution in [0.25, 0.3) is 0 Å². The van der Waals surface area contributed by atoms with Gasteiger partial charge in [0.05, 0.1) is 0 Å². The van der Waals surface area contributed by atoms with Crippen molar-refractivity contribution in [2.24, 2.45) is 0 Å². The fourth-order valence-electron chi connectivity index (χ4n) is 9.04. The van der Waals surface area contributed by atoms with Crippen LogP contribution < -0.4 is 21.3 Å². The highest BCUT2D eigenvalue weighted by Gasteiger charge is 2.48. The van der Waals surface area contributed by atoms with Crippen LogP contribution in [0.4, 0.5) is 17.2 Å². The van der Waals surface area contributed by atoms with Crippen LogP contribution >= 0.6 is 0 Å². The summed E-state index contributed by atoms with van der Waals surface area (Å²) in [6.45, 7) is 30.7. The molecule has 0 saturated heterocycles. The standard InChI is InChI=1S/C42H51BN2/c1-25-20-32-36-37(44-25)45(28-16-18-29-31(23-28)41(10,11)24-40(29,8)9)35-22-27(39(5,6)7)15-19-33(35)43(36)34-21-26(38(2,3)4)14-17-30(34)42(32,12)13/h14-23H,24H2,1-13H3. The molecule has 0 spiro atoms. The highest BCUT2D eigenvalue weighted by Crippen LogP contribution is 2.51. The van der Waals surface area contributed by atoms with E-state index in [0.29, 0.717) is 0 Å². The Morgan fingerprint density at radius 3 is 1.91 bits per heavy atom. The van der Waals surface area contributed by atoms with E-state index in [4.69, 9.17) is 4.98 Å². The molecule has 232 valence electrons. The van der Waals surface area contributed by atoms with Crippen molar-refractivity contribution in [1.29, 1.82) is 0 Å². The third-order valence-electron chi connectivity index (χ3n) is 11.3. The summed E-state index contributed by atoms with van der Waals surface area (Å²) >= 11 is 0. The van der Waals surface area contributed by atoms with Crippen LogP contribution in [-0.4, -0.2) is 11.7 Å². The van der Waals surface area contributed by atoms with E-state index < -0.39 is 0 Å². The summed E-state index contributed by atoms with van der Waals surface area (Å²) < 4.78 is 0. The number of aromatic nitrogens is 1. The molecule has 0 unspecified atom stereocenters. The Balaban J connectivity index is 1.58. The lowest BCUT2D eigenvalue weighted by molar-refractivity contribution is 0.403. The van der Waals surface area contributed by atoms with E-state index in [1.54, 1.807) is 0 Å². The van der Waals surface area contributed by atoms with E-state index in [2.05, 4.69) is 156 Å². The summed E-state index contributed by atoms with van der Waals surface area (Å²) in [4.78, 5) is 7.97. The molecule has 0 amide bonds. The molecule has 3 heterocycles. The van der Waals surface area contributed by atoms with Gasteiger partial charge < -0.3 is 0 Å². The maximum Gasteiger partial charge on any atom is 0.249 e. The molecule has 0 N–H and O–H groups in total. The van der Waals surface area contributed by atoms with Gasteiger partial charge in [-0.05, 0) is 104 Å². The van der Waals surface area contributed by atoms with E-state index in [9.17, 15) is 0 Å². The molecule has 3 heteroatoms. The summed E-state index contributed by atoms with van der Waals surface area (Å²) in [6, 6.07) is 24.2. The summed E-state index contributed by atoms with van der Waals surface area (Å²) in [7, 11) is 0. The quantitative estimate of drug-likeness (QED) is 0.180. The second-order valence-corrected chi connectivity index (χ2v) is 18.2. The number of fused-ring (bicyclic) bond motifs is 5. The molecule has 2 aliphatic heterocycles. The number of hydrogen-bond acceptors (Lipinski definition) is 2. The lowest BCUT2D eigenvalue weighted by atomic mass is 9.30. The van der Waals surface area contributed by atoms with Gasteiger partial charge in [0.25, 0.3) is 0 Å². The van der Waals surface area contributed by atoms with Crippen molar-refractivity contribution in [2.45, 2.75) is 124 Å². The van der Waals surface area contributed by atoms with E-state index in [1.165, 1.54) is 61.1 Å². The Morgan fingerprint density at radius 2 is 1.24 bits per heavy atom. The van der Waals surface area contributed by atoms with E-state index in [1.807, 2.05) is 0 Å². The molecule has 0 bridgehead atoms. The van der Waals surface area contributed by atoms with Gasteiger partial charge in [-0.3, -0.25) is 4.90 Å². The van der Waals surface area contributed by atoms with Crippen LogP contribution in [-0.2, 0) is 27.1 Å². The van der Waals surface area contributed by atoms with Crippen molar-refractivity contribution in [3.63, 3.8) is 0 Å². The first-order valence-electron chi connectivity index (χ1n) is 17.0. The van der Waals surface area contributed by atoms with Gasteiger partial charge in [-0.15, -0.1) is 0 Å². The van der Waals surface area contributed by atoms with Crippen LogP contribution in [0.2, 0.25) is 0 Å². The Hall–Kier alpha value is -3.33. The fraction of sp³-hybridized carbons (Fsp3) is 0.452. The molecule has 0 radical (unpaired) electrons. The molecule has 0 fully saturated rings. The zero-order chi connectivity index (χ0) is 32.6. The third-order valence-corrected chi connectivity index (χ3v) is 11.3. The zero-order valence-corrected chi connectivity index (χ0v) is 30.0. The summed E-state index contributed by atoms with van der Waals surface area (Å²) in [6.07, 6.45) is 1.16. The first-order valence-corrected chi connectivity index (χ1v) is 17.0. The molecular weight excluding hydrogens is 543 g/mol. The number of hydrogen-bond donors (Lipinski definition) is 0. The minimum absolute atomic E-state index is 0.0298. The van der Waals surface area contributed by atoms with Crippen LogP contribution in [0.1, 0.15) is 129 Å². The SMILES string of the molecule is Cc1cc2c3c(n1)N(c1ccc4c(c1)C(C)(C)CC4(C)C)c1cc(C(C)(C)C)ccc1B3c1cc(C(C)(C)C)ccc1C2(C)C. The lowest BCUT2D eigenvalue weighted by Gasteiger charge is -2.45. The zero-order valence-electron chi connectivity index (χ0n) is 30.0. The molecule has 3 aliphatic rings. The average Bonchev–Trinajstić information content (AvgIpc) is 3.11. The second kappa shape index (κ2) is 9.14. The molecule has 0 atom stereocenters. The van der Waals surface area contributed by atoms with Crippen molar-refractivity contribution in [3.8, 4) is 0 Å². The minimum atomic E-state index is -0.140. The van der Waals surface area contributed by atoms with Gasteiger partial charge in [0.1, 0.15) is 5.82 Å². The van der Waals surface area contributed by atoms with Crippen molar-refractivity contribution in [1.82, 2.24) is 4.98 Å².